The molecule has 0 saturated carbocycles. The number of nitro groups is 1. The first-order valence-corrected chi connectivity index (χ1v) is 5.69. The van der Waals surface area contributed by atoms with Crippen LogP contribution in [0.1, 0.15) is 31.9 Å². The van der Waals surface area contributed by atoms with Crippen LogP contribution in [0.3, 0.4) is 0 Å². The molecular weight excluding hydrogens is 236 g/mol. The molecule has 1 rings (SSSR count). The number of aliphatic carboxylic acids is 1. The minimum absolute atomic E-state index is 0.00993. The van der Waals surface area contributed by atoms with Crippen LogP contribution in [0.15, 0.2) is 24.3 Å². The zero-order chi connectivity index (χ0) is 13.7. The van der Waals surface area contributed by atoms with Crippen molar-refractivity contribution in [1.82, 2.24) is 5.32 Å². The van der Waals surface area contributed by atoms with E-state index in [4.69, 9.17) is 5.11 Å². The molecule has 0 aliphatic carbocycles. The van der Waals surface area contributed by atoms with Gasteiger partial charge < -0.3 is 5.11 Å². The number of nitro benzene ring substituents is 1. The molecule has 2 N–H and O–H groups in total. The summed E-state index contributed by atoms with van der Waals surface area (Å²) in [6.45, 7) is 3.44. The molecule has 6 heteroatoms. The molecule has 0 aliphatic rings. The Balaban J connectivity index is 2.91. The second-order valence-corrected chi connectivity index (χ2v) is 4.04. The van der Waals surface area contributed by atoms with E-state index < -0.39 is 16.9 Å². The lowest BCUT2D eigenvalue weighted by Crippen LogP contribution is -2.36. The van der Waals surface area contributed by atoms with Gasteiger partial charge >= 0.3 is 5.97 Å². The van der Waals surface area contributed by atoms with Gasteiger partial charge in [0, 0.05) is 18.2 Å². The lowest BCUT2D eigenvalue weighted by atomic mass is 10.0. The predicted molar refractivity (Wildman–Crippen MR) is 66.4 cm³/mol. The lowest BCUT2D eigenvalue weighted by Gasteiger charge is -2.20. The second-order valence-electron chi connectivity index (χ2n) is 4.04. The maximum Gasteiger partial charge on any atom is 0.320 e. The molecule has 0 aromatic heterocycles. The number of nitrogens with zero attached hydrogens (tertiary/aromatic N) is 1. The van der Waals surface area contributed by atoms with Crippen molar-refractivity contribution in [3.05, 3.63) is 39.9 Å². The van der Waals surface area contributed by atoms with Gasteiger partial charge in [0.2, 0.25) is 0 Å². The van der Waals surface area contributed by atoms with E-state index in [0.717, 1.165) is 5.56 Å². The van der Waals surface area contributed by atoms with Gasteiger partial charge in [-0.15, -0.1) is 0 Å². The van der Waals surface area contributed by atoms with E-state index in [2.05, 4.69) is 5.32 Å². The molecule has 6 nitrogen and oxygen atoms in total. The molecule has 0 saturated heterocycles. The van der Waals surface area contributed by atoms with Gasteiger partial charge in [-0.25, -0.2) is 0 Å². The number of nitrogens with one attached hydrogen (secondary N) is 1. The predicted octanol–water partition coefficient (Wildman–Crippen LogP) is 2.11. The van der Waals surface area contributed by atoms with Crippen LogP contribution in [0.2, 0.25) is 0 Å². The van der Waals surface area contributed by atoms with Gasteiger partial charge in [-0.05, 0) is 18.9 Å². The molecule has 0 spiro atoms. The SMILES string of the molecule is CCC(NC(C)C(=O)O)c1cccc([N+](=O)[O-])c1. The molecule has 2 unspecified atom stereocenters. The van der Waals surface area contributed by atoms with Crippen molar-refractivity contribution < 1.29 is 14.8 Å². The molecule has 18 heavy (non-hydrogen) atoms. The maximum atomic E-state index is 10.8. The Bertz CT molecular complexity index is 447. The van der Waals surface area contributed by atoms with Gasteiger partial charge in [0.15, 0.2) is 0 Å². The average molecular weight is 252 g/mol. The summed E-state index contributed by atoms with van der Waals surface area (Å²) in [6, 6.07) is 5.32. The van der Waals surface area contributed by atoms with E-state index in [-0.39, 0.29) is 11.7 Å². The fraction of sp³-hybridized carbons (Fsp3) is 0.417. The standard InChI is InChI=1S/C12H16N2O4/c1-3-11(13-8(2)12(15)16)9-5-4-6-10(7-9)14(17)18/h4-8,11,13H,3H2,1-2H3,(H,15,16). The minimum Gasteiger partial charge on any atom is -0.480 e. The molecule has 0 bridgehead atoms. The summed E-state index contributed by atoms with van der Waals surface area (Å²) in [7, 11) is 0. The summed E-state index contributed by atoms with van der Waals surface area (Å²) in [6.07, 6.45) is 0.652. The Morgan fingerprint density at radius 2 is 2.22 bits per heavy atom. The molecular formula is C12H16N2O4. The fourth-order valence-corrected chi connectivity index (χ4v) is 1.68. The smallest absolute Gasteiger partial charge is 0.320 e. The van der Waals surface area contributed by atoms with Crippen molar-refractivity contribution in [2.75, 3.05) is 0 Å². The van der Waals surface area contributed by atoms with Crippen molar-refractivity contribution in [2.45, 2.75) is 32.4 Å². The highest BCUT2D eigenvalue weighted by Crippen LogP contribution is 2.21. The van der Waals surface area contributed by atoms with Gasteiger partial charge in [0.25, 0.3) is 5.69 Å². The first kappa shape index (κ1) is 14.1. The monoisotopic (exact) mass is 252 g/mol. The zero-order valence-electron chi connectivity index (χ0n) is 10.3. The van der Waals surface area contributed by atoms with Crippen molar-refractivity contribution >= 4 is 11.7 Å². The fourth-order valence-electron chi connectivity index (χ4n) is 1.68. The third-order valence-corrected chi connectivity index (χ3v) is 2.71. The molecule has 2 atom stereocenters. The number of carbonyl (C=O) groups is 1. The van der Waals surface area contributed by atoms with Crippen molar-refractivity contribution in [2.24, 2.45) is 0 Å². The molecule has 1 aromatic rings. The summed E-state index contributed by atoms with van der Waals surface area (Å²) in [5.74, 6) is -0.945. The lowest BCUT2D eigenvalue weighted by molar-refractivity contribution is -0.384. The number of non-ortho nitro benzene ring substituents is 1. The third-order valence-electron chi connectivity index (χ3n) is 2.71. The first-order chi connectivity index (χ1) is 8.45. The molecule has 0 aliphatic heterocycles. The van der Waals surface area contributed by atoms with Gasteiger partial charge in [-0.3, -0.25) is 20.2 Å². The van der Waals surface area contributed by atoms with E-state index >= 15 is 0 Å². The van der Waals surface area contributed by atoms with Crippen LogP contribution in [0.25, 0.3) is 0 Å². The van der Waals surface area contributed by atoms with E-state index in [1.165, 1.54) is 12.1 Å². The minimum atomic E-state index is -0.945. The van der Waals surface area contributed by atoms with Crippen LogP contribution >= 0.6 is 0 Å². The summed E-state index contributed by atoms with van der Waals surface area (Å²) >= 11 is 0. The Morgan fingerprint density at radius 1 is 1.56 bits per heavy atom. The van der Waals surface area contributed by atoms with Gasteiger partial charge in [-0.1, -0.05) is 19.1 Å². The quantitative estimate of drug-likeness (QED) is 0.597. The van der Waals surface area contributed by atoms with Crippen LogP contribution in [-0.2, 0) is 4.79 Å². The number of rotatable bonds is 6. The Hall–Kier alpha value is -1.95. The molecule has 0 radical (unpaired) electrons. The number of benzene rings is 1. The molecule has 98 valence electrons. The van der Waals surface area contributed by atoms with Crippen LogP contribution in [0, 0.1) is 10.1 Å². The number of carboxylic acids is 1. The highest BCUT2D eigenvalue weighted by molar-refractivity contribution is 5.72. The van der Waals surface area contributed by atoms with E-state index in [9.17, 15) is 14.9 Å². The summed E-state index contributed by atoms with van der Waals surface area (Å²) in [5.41, 5.74) is 0.732. The summed E-state index contributed by atoms with van der Waals surface area (Å²) in [4.78, 5) is 21.0. The first-order valence-electron chi connectivity index (χ1n) is 5.69. The average Bonchev–Trinajstić information content (AvgIpc) is 2.35. The molecule has 1 aromatic carbocycles. The summed E-state index contributed by atoms with van der Waals surface area (Å²) in [5, 5.41) is 22.5. The molecule has 0 fully saturated rings. The maximum absolute atomic E-state index is 10.8. The highest BCUT2D eigenvalue weighted by atomic mass is 16.6. The van der Waals surface area contributed by atoms with Crippen molar-refractivity contribution in [3.63, 3.8) is 0 Å². The topological polar surface area (TPSA) is 92.5 Å². The Labute approximate surface area is 105 Å². The largest absolute Gasteiger partial charge is 0.480 e. The number of hydrogen-bond donors (Lipinski definition) is 2. The van der Waals surface area contributed by atoms with E-state index in [1.54, 1.807) is 19.1 Å². The van der Waals surface area contributed by atoms with Crippen LogP contribution < -0.4 is 5.32 Å². The van der Waals surface area contributed by atoms with Crippen LogP contribution in [0.4, 0.5) is 5.69 Å². The number of carboxylic acid groups (broad SMARTS) is 1. The Kier molecular flexibility index (Phi) is 4.79. The number of hydrogen-bond acceptors (Lipinski definition) is 4. The van der Waals surface area contributed by atoms with Crippen molar-refractivity contribution in [1.29, 1.82) is 0 Å². The van der Waals surface area contributed by atoms with Crippen LogP contribution in [-0.4, -0.2) is 22.0 Å². The Morgan fingerprint density at radius 3 is 2.72 bits per heavy atom. The molecule has 0 amide bonds. The normalized spacial score (nSPS) is 13.9. The second kappa shape index (κ2) is 6.11. The van der Waals surface area contributed by atoms with Crippen molar-refractivity contribution in [3.8, 4) is 0 Å². The molecule has 0 heterocycles. The third kappa shape index (κ3) is 3.53. The van der Waals surface area contributed by atoms with E-state index in [0.29, 0.717) is 6.42 Å². The highest BCUT2D eigenvalue weighted by Gasteiger charge is 2.18. The van der Waals surface area contributed by atoms with Crippen LogP contribution in [0.5, 0.6) is 0 Å². The zero-order valence-corrected chi connectivity index (χ0v) is 10.3. The summed E-state index contributed by atoms with van der Waals surface area (Å²) < 4.78 is 0. The van der Waals surface area contributed by atoms with Gasteiger partial charge in [0.05, 0.1) is 4.92 Å². The van der Waals surface area contributed by atoms with Gasteiger partial charge in [-0.2, -0.15) is 0 Å². The van der Waals surface area contributed by atoms with Gasteiger partial charge in [0.1, 0.15) is 6.04 Å². The van der Waals surface area contributed by atoms with E-state index in [1.807, 2.05) is 6.92 Å².